The van der Waals surface area contributed by atoms with Gasteiger partial charge in [-0.3, -0.25) is 9.69 Å². The van der Waals surface area contributed by atoms with Crippen LogP contribution in [0, 0.1) is 12.7 Å². The summed E-state index contributed by atoms with van der Waals surface area (Å²) in [6, 6.07) is 13.7. The maximum atomic E-state index is 13.3. The van der Waals surface area contributed by atoms with Crippen molar-refractivity contribution < 1.29 is 9.18 Å². The third-order valence-corrected chi connectivity index (χ3v) is 4.60. The molecule has 0 radical (unpaired) electrons. The van der Waals surface area contributed by atoms with E-state index in [2.05, 4.69) is 0 Å². The summed E-state index contributed by atoms with van der Waals surface area (Å²) < 4.78 is 13.7. The lowest BCUT2D eigenvalue weighted by atomic mass is 10.1. The molecule has 1 aliphatic rings. The van der Waals surface area contributed by atoms with E-state index in [-0.39, 0.29) is 11.7 Å². The summed E-state index contributed by atoms with van der Waals surface area (Å²) in [5.41, 5.74) is 2.41. The highest BCUT2D eigenvalue weighted by Crippen LogP contribution is 2.37. The van der Waals surface area contributed by atoms with Gasteiger partial charge in [0.15, 0.2) is 4.32 Å². The molecule has 5 heteroatoms. The Morgan fingerprint density at radius 3 is 2.68 bits per heavy atom. The zero-order chi connectivity index (χ0) is 15.7. The Kier molecular flexibility index (Phi) is 4.09. The molecular formula is C17H12FNOS2. The SMILES string of the molecule is Cc1ccccc1N1C(=O)/C(=C\c2cccc(F)c2)SC1=S. The predicted molar refractivity (Wildman–Crippen MR) is 93.2 cm³/mol. The lowest BCUT2D eigenvalue weighted by Crippen LogP contribution is -2.28. The highest BCUT2D eigenvalue weighted by atomic mass is 32.2. The first-order chi connectivity index (χ1) is 10.6. The number of rotatable bonds is 2. The fourth-order valence-electron chi connectivity index (χ4n) is 2.24. The summed E-state index contributed by atoms with van der Waals surface area (Å²) in [4.78, 5) is 14.6. The van der Waals surface area contributed by atoms with E-state index in [0.29, 0.717) is 14.8 Å². The molecule has 1 aliphatic heterocycles. The van der Waals surface area contributed by atoms with E-state index in [4.69, 9.17) is 12.2 Å². The smallest absolute Gasteiger partial charge is 0.268 e. The van der Waals surface area contributed by atoms with Crippen LogP contribution in [0.15, 0.2) is 53.4 Å². The van der Waals surface area contributed by atoms with E-state index in [1.54, 1.807) is 18.2 Å². The molecule has 0 bridgehead atoms. The Morgan fingerprint density at radius 1 is 1.18 bits per heavy atom. The average molecular weight is 329 g/mol. The van der Waals surface area contributed by atoms with Crippen molar-refractivity contribution in [1.82, 2.24) is 0 Å². The van der Waals surface area contributed by atoms with Crippen LogP contribution in [-0.4, -0.2) is 10.2 Å². The number of carbonyl (C=O) groups excluding carboxylic acids is 1. The summed E-state index contributed by atoms with van der Waals surface area (Å²) in [5.74, 6) is -0.503. The number of halogens is 1. The maximum Gasteiger partial charge on any atom is 0.270 e. The van der Waals surface area contributed by atoms with E-state index < -0.39 is 0 Å². The van der Waals surface area contributed by atoms with Gasteiger partial charge < -0.3 is 0 Å². The van der Waals surface area contributed by atoms with E-state index in [1.807, 2.05) is 31.2 Å². The number of thiocarbonyl (C=S) groups is 1. The van der Waals surface area contributed by atoms with Gasteiger partial charge in [-0.25, -0.2) is 4.39 Å². The number of hydrogen-bond acceptors (Lipinski definition) is 3. The standard InChI is InChI=1S/C17H12FNOS2/c1-11-5-2-3-8-14(11)19-16(20)15(22-17(19)21)10-12-6-4-7-13(18)9-12/h2-10H,1H3/b15-10+. The van der Waals surface area contributed by atoms with Gasteiger partial charge in [0.25, 0.3) is 5.91 Å². The van der Waals surface area contributed by atoms with Crippen LogP contribution < -0.4 is 4.90 Å². The fourth-order valence-corrected chi connectivity index (χ4v) is 3.52. The Bertz CT molecular complexity index is 801. The average Bonchev–Trinajstić information content (AvgIpc) is 2.74. The summed E-state index contributed by atoms with van der Waals surface area (Å²) in [5, 5.41) is 0. The molecule has 0 aromatic heterocycles. The highest BCUT2D eigenvalue weighted by Gasteiger charge is 2.33. The van der Waals surface area contributed by atoms with Gasteiger partial charge in [-0.1, -0.05) is 54.3 Å². The molecule has 0 spiro atoms. The van der Waals surface area contributed by atoms with Crippen LogP contribution in [0.1, 0.15) is 11.1 Å². The summed E-state index contributed by atoms with van der Waals surface area (Å²) in [7, 11) is 0. The molecular weight excluding hydrogens is 317 g/mol. The molecule has 110 valence electrons. The van der Waals surface area contributed by atoms with Gasteiger partial charge in [-0.15, -0.1) is 0 Å². The van der Waals surface area contributed by atoms with Crippen molar-refractivity contribution in [3.8, 4) is 0 Å². The molecule has 22 heavy (non-hydrogen) atoms. The third-order valence-electron chi connectivity index (χ3n) is 3.30. The van der Waals surface area contributed by atoms with Gasteiger partial charge in [0.2, 0.25) is 0 Å². The topological polar surface area (TPSA) is 20.3 Å². The number of hydrogen-bond donors (Lipinski definition) is 0. The number of amides is 1. The minimum absolute atomic E-state index is 0.173. The Labute approximate surface area is 137 Å². The quantitative estimate of drug-likeness (QED) is 0.596. The third kappa shape index (κ3) is 2.82. The predicted octanol–water partition coefficient (Wildman–Crippen LogP) is 4.54. The minimum atomic E-state index is -0.330. The largest absolute Gasteiger partial charge is 0.270 e. The molecule has 0 unspecified atom stereocenters. The van der Waals surface area contributed by atoms with E-state index >= 15 is 0 Å². The van der Waals surface area contributed by atoms with Gasteiger partial charge in [-0.05, 0) is 42.3 Å². The molecule has 3 rings (SSSR count). The fraction of sp³-hybridized carbons (Fsp3) is 0.0588. The van der Waals surface area contributed by atoms with E-state index in [0.717, 1.165) is 11.3 Å². The number of para-hydroxylation sites is 1. The zero-order valence-electron chi connectivity index (χ0n) is 11.7. The number of anilines is 1. The van der Waals surface area contributed by atoms with Crippen molar-refractivity contribution >= 4 is 46.0 Å². The second-order valence-corrected chi connectivity index (χ2v) is 6.53. The first-order valence-corrected chi connectivity index (χ1v) is 7.88. The van der Waals surface area contributed by atoms with E-state index in [9.17, 15) is 9.18 Å². The second-order valence-electron chi connectivity index (χ2n) is 4.86. The van der Waals surface area contributed by atoms with Crippen LogP contribution in [-0.2, 0) is 4.79 Å². The molecule has 2 aromatic carbocycles. The molecule has 0 aliphatic carbocycles. The van der Waals surface area contributed by atoms with Gasteiger partial charge in [0, 0.05) is 0 Å². The number of aryl methyl sites for hydroxylation is 1. The lowest BCUT2D eigenvalue weighted by Gasteiger charge is -2.16. The lowest BCUT2D eigenvalue weighted by molar-refractivity contribution is -0.113. The van der Waals surface area contributed by atoms with Crippen molar-refractivity contribution in [2.24, 2.45) is 0 Å². The first-order valence-electron chi connectivity index (χ1n) is 6.65. The first kappa shape index (κ1) is 14.9. The number of carbonyl (C=O) groups is 1. The Balaban J connectivity index is 1.97. The minimum Gasteiger partial charge on any atom is -0.268 e. The van der Waals surface area contributed by atoms with E-state index in [1.165, 1.54) is 28.8 Å². The van der Waals surface area contributed by atoms with Gasteiger partial charge >= 0.3 is 0 Å². The van der Waals surface area contributed by atoms with Crippen LogP contribution in [0.3, 0.4) is 0 Å². The van der Waals surface area contributed by atoms with Gasteiger partial charge in [-0.2, -0.15) is 0 Å². The van der Waals surface area contributed by atoms with Crippen molar-refractivity contribution in [2.45, 2.75) is 6.92 Å². The molecule has 1 heterocycles. The van der Waals surface area contributed by atoms with Crippen molar-refractivity contribution in [3.63, 3.8) is 0 Å². The Hall–Kier alpha value is -1.98. The summed E-state index contributed by atoms with van der Waals surface area (Å²) in [6.45, 7) is 1.93. The Morgan fingerprint density at radius 2 is 1.95 bits per heavy atom. The number of nitrogens with zero attached hydrogens (tertiary/aromatic N) is 1. The molecule has 2 nitrogen and oxygen atoms in total. The van der Waals surface area contributed by atoms with Gasteiger partial charge in [0.05, 0.1) is 10.6 Å². The monoisotopic (exact) mass is 329 g/mol. The van der Waals surface area contributed by atoms with Crippen LogP contribution in [0.25, 0.3) is 6.08 Å². The highest BCUT2D eigenvalue weighted by molar-refractivity contribution is 8.27. The molecule has 1 amide bonds. The molecule has 0 atom stereocenters. The summed E-state index contributed by atoms with van der Waals surface area (Å²) >= 11 is 6.56. The van der Waals surface area contributed by atoms with Crippen molar-refractivity contribution in [3.05, 3.63) is 70.4 Å². The molecule has 0 saturated carbocycles. The normalized spacial score (nSPS) is 16.6. The van der Waals surface area contributed by atoms with Crippen LogP contribution in [0.4, 0.5) is 10.1 Å². The molecule has 0 N–H and O–H groups in total. The van der Waals surface area contributed by atoms with Crippen LogP contribution in [0.2, 0.25) is 0 Å². The second kappa shape index (κ2) is 6.02. The van der Waals surface area contributed by atoms with Crippen LogP contribution in [0.5, 0.6) is 0 Å². The number of benzene rings is 2. The summed E-state index contributed by atoms with van der Waals surface area (Å²) in [6.07, 6.45) is 1.67. The van der Waals surface area contributed by atoms with Crippen molar-refractivity contribution in [1.29, 1.82) is 0 Å². The van der Waals surface area contributed by atoms with Crippen molar-refractivity contribution in [2.75, 3.05) is 4.90 Å². The van der Waals surface area contributed by atoms with Crippen LogP contribution >= 0.6 is 24.0 Å². The maximum absolute atomic E-state index is 13.3. The number of thioether (sulfide) groups is 1. The molecule has 1 saturated heterocycles. The zero-order valence-corrected chi connectivity index (χ0v) is 13.4. The molecule has 2 aromatic rings. The molecule has 1 fully saturated rings. The van der Waals surface area contributed by atoms with Gasteiger partial charge in [0.1, 0.15) is 5.82 Å².